The van der Waals surface area contributed by atoms with E-state index in [0.29, 0.717) is 25.2 Å². The number of piperidine rings is 1. The molecule has 0 spiro atoms. The number of hydrogen-bond donors (Lipinski definition) is 2. The fourth-order valence-electron chi connectivity index (χ4n) is 4.23. The summed E-state index contributed by atoms with van der Waals surface area (Å²) in [6, 6.07) is 11.2. The first kappa shape index (κ1) is 18.5. The molecule has 1 saturated carbocycles. The molecule has 6 heteroatoms. The third kappa shape index (κ3) is 3.94. The van der Waals surface area contributed by atoms with E-state index in [1.165, 1.54) is 4.90 Å². The topological polar surface area (TPSA) is 85.6 Å². The molecule has 140 valence electrons. The van der Waals surface area contributed by atoms with Crippen molar-refractivity contribution in [3.05, 3.63) is 29.8 Å². The van der Waals surface area contributed by atoms with Crippen LogP contribution in [0.15, 0.2) is 24.3 Å². The van der Waals surface area contributed by atoms with Gasteiger partial charge in [-0.15, -0.1) is 0 Å². The molecule has 1 amide bonds. The quantitative estimate of drug-likeness (QED) is 0.865. The van der Waals surface area contributed by atoms with Crippen LogP contribution in [0.25, 0.3) is 0 Å². The highest BCUT2D eigenvalue weighted by atomic mass is 16.5. The molecular weight excluding hydrogens is 330 g/mol. The highest BCUT2D eigenvalue weighted by Gasteiger charge is 2.38. The maximum absolute atomic E-state index is 11.0. The Labute approximate surface area is 154 Å². The Hall–Kier alpha value is -2.26. The SMILES string of the molecule is COc1cccc(C2(C#N)CCC(NC3CCN(C(=O)O)CC3)CC2)c1. The van der Waals surface area contributed by atoms with Gasteiger partial charge in [0.2, 0.25) is 0 Å². The number of hydrogen-bond acceptors (Lipinski definition) is 4. The molecule has 2 aliphatic rings. The summed E-state index contributed by atoms with van der Waals surface area (Å²) in [7, 11) is 1.65. The van der Waals surface area contributed by atoms with Crippen molar-refractivity contribution in [2.24, 2.45) is 0 Å². The minimum absolute atomic E-state index is 0.377. The van der Waals surface area contributed by atoms with Gasteiger partial charge in [0.15, 0.2) is 0 Å². The number of amides is 1. The summed E-state index contributed by atoms with van der Waals surface area (Å²) in [6.45, 7) is 1.21. The Kier molecular flexibility index (Phi) is 5.67. The number of nitriles is 1. The molecule has 0 radical (unpaired) electrons. The lowest BCUT2D eigenvalue weighted by atomic mass is 9.69. The molecule has 0 bridgehead atoms. The zero-order chi connectivity index (χ0) is 18.6. The average molecular weight is 357 g/mol. The molecule has 2 fully saturated rings. The molecule has 1 heterocycles. The standard InChI is InChI=1S/C20H27N3O3/c1-26-18-4-2-3-15(13-18)20(14-21)9-5-16(6-10-20)22-17-7-11-23(12-8-17)19(24)25/h2-4,13,16-17,22H,5-12H2,1H3,(H,24,25). The number of methoxy groups -OCH3 is 1. The van der Waals surface area contributed by atoms with E-state index in [1.54, 1.807) is 7.11 Å². The first-order valence-corrected chi connectivity index (χ1v) is 9.36. The number of benzene rings is 1. The number of ether oxygens (including phenoxy) is 1. The number of carboxylic acid groups (broad SMARTS) is 1. The molecule has 26 heavy (non-hydrogen) atoms. The van der Waals surface area contributed by atoms with Gasteiger partial charge in [0.25, 0.3) is 0 Å². The van der Waals surface area contributed by atoms with Gasteiger partial charge in [-0.2, -0.15) is 5.26 Å². The lowest BCUT2D eigenvalue weighted by Gasteiger charge is -2.39. The van der Waals surface area contributed by atoms with Gasteiger partial charge in [0.05, 0.1) is 18.6 Å². The molecule has 1 aromatic carbocycles. The zero-order valence-corrected chi connectivity index (χ0v) is 15.3. The van der Waals surface area contributed by atoms with Gasteiger partial charge in [-0.1, -0.05) is 12.1 Å². The van der Waals surface area contributed by atoms with Gasteiger partial charge in [0.1, 0.15) is 5.75 Å². The molecule has 1 aromatic rings. The summed E-state index contributed by atoms with van der Waals surface area (Å²) in [5.74, 6) is 0.794. The molecule has 1 aliphatic carbocycles. The third-order valence-corrected chi connectivity index (χ3v) is 5.91. The van der Waals surface area contributed by atoms with Crippen LogP contribution in [0.3, 0.4) is 0 Å². The summed E-state index contributed by atoms with van der Waals surface area (Å²) >= 11 is 0. The fraction of sp³-hybridized carbons (Fsp3) is 0.600. The molecule has 0 atom stereocenters. The van der Waals surface area contributed by atoms with E-state index >= 15 is 0 Å². The maximum Gasteiger partial charge on any atom is 0.407 e. The Bertz CT molecular complexity index is 669. The highest BCUT2D eigenvalue weighted by molar-refractivity contribution is 5.65. The fourth-order valence-corrected chi connectivity index (χ4v) is 4.23. The van der Waals surface area contributed by atoms with Gasteiger partial charge in [0, 0.05) is 25.2 Å². The van der Waals surface area contributed by atoms with Crippen molar-refractivity contribution in [1.82, 2.24) is 10.2 Å². The smallest absolute Gasteiger partial charge is 0.407 e. The Morgan fingerprint density at radius 2 is 1.92 bits per heavy atom. The summed E-state index contributed by atoms with van der Waals surface area (Å²) in [5.41, 5.74) is 0.618. The second-order valence-corrected chi connectivity index (χ2v) is 7.41. The first-order valence-electron chi connectivity index (χ1n) is 9.36. The van der Waals surface area contributed by atoms with Gasteiger partial charge in [-0.25, -0.2) is 4.79 Å². The summed E-state index contributed by atoms with van der Waals surface area (Å²) in [4.78, 5) is 12.5. The van der Waals surface area contributed by atoms with Crippen LogP contribution in [0.5, 0.6) is 5.75 Å². The van der Waals surface area contributed by atoms with Crippen molar-refractivity contribution < 1.29 is 14.6 Å². The highest BCUT2D eigenvalue weighted by Crippen LogP contribution is 2.40. The molecular formula is C20H27N3O3. The Morgan fingerprint density at radius 3 is 2.50 bits per heavy atom. The van der Waals surface area contributed by atoms with Gasteiger partial charge in [-0.05, 0) is 56.2 Å². The summed E-state index contributed by atoms with van der Waals surface area (Å²) in [6.07, 6.45) is 4.50. The minimum Gasteiger partial charge on any atom is -0.497 e. The van der Waals surface area contributed by atoms with E-state index in [2.05, 4.69) is 11.4 Å². The number of carbonyl (C=O) groups is 1. The second kappa shape index (κ2) is 7.96. The van der Waals surface area contributed by atoms with Crippen LogP contribution in [0.1, 0.15) is 44.1 Å². The predicted molar refractivity (Wildman–Crippen MR) is 98.3 cm³/mol. The molecule has 0 aromatic heterocycles. The van der Waals surface area contributed by atoms with Gasteiger partial charge < -0.3 is 20.1 Å². The number of nitrogens with zero attached hydrogens (tertiary/aromatic N) is 2. The van der Waals surface area contributed by atoms with Crippen LogP contribution in [-0.2, 0) is 5.41 Å². The number of nitrogens with one attached hydrogen (secondary N) is 1. The van der Waals surface area contributed by atoms with E-state index in [-0.39, 0.29) is 0 Å². The van der Waals surface area contributed by atoms with E-state index in [9.17, 15) is 10.1 Å². The van der Waals surface area contributed by atoms with Crippen LogP contribution in [0, 0.1) is 11.3 Å². The van der Waals surface area contributed by atoms with Crippen molar-refractivity contribution >= 4 is 6.09 Å². The number of likely N-dealkylation sites (tertiary alicyclic amines) is 1. The molecule has 2 N–H and O–H groups in total. The van der Waals surface area contributed by atoms with Crippen LogP contribution in [-0.4, -0.2) is 48.4 Å². The predicted octanol–water partition coefficient (Wildman–Crippen LogP) is 3.13. The van der Waals surface area contributed by atoms with Crippen LogP contribution in [0.2, 0.25) is 0 Å². The third-order valence-electron chi connectivity index (χ3n) is 5.91. The summed E-state index contributed by atoms with van der Waals surface area (Å²) < 4.78 is 5.31. The maximum atomic E-state index is 11.0. The first-order chi connectivity index (χ1) is 12.6. The normalized spacial score (nSPS) is 26.9. The molecule has 1 aliphatic heterocycles. The van der Waals surface area contributed by atoms with E-state index < -0.39 is 11.5 Å². The van der Waals surface area contributed by atoms with Gasteiger partial charge in [-0.3, -0.25) is 0 Å². The lowest BCUT2D eigenvalue weighted by molar-refractivity contribution is 0.125. The largest absolute Gasteiger partial charge is 0.497 e. The van der Waals surface area contributed by atoms with E-state index in [1.807, 2.05) is 24.3 Å². The van der Waals surface area contributed by atoms with Crippen molar-refractivity contribution in [3.63, 3.8) is 0 Å². The van der Waals surface area contributed by atoms with Crippen LogP contribution in [0.4, 0.5) is 4.79 Å². The van der Waals surface area contributed by atoms with Crippen LogP contribution < -0.4 is 10.1 Å². The number of rotatable bonds is 4. The Balaban J connectivity index is 1.56. The molecule has 3 rings (SSSR count). The summed E-state index contributed by atoms with van der Waals surface area (Å²) in [5, 5.41) is 22.6. The molecule has 1 saturated heterocycles. The van der Waals surface area contributed by atoms with Crippen molar-refractivity contribution in [2.75, 3.05) is 20.2 Å². The lowest BCUT2D eigenvalue weighted by Crippen LogP contribution is -2.49. The minimum atomic E-state index is -0.821. The average Bonchev–Trinajstić information content (AvgIpc) is 2.69. The van der Waals surface area contributed by atoms with Gasteiger partial charge >= 0.3 is 6.09 Å². The van der Waals surface area contributed by atoms with Crippen molar-refractivity contribution in [1.29, 1.82) is 5.26 Å². The second-order valence-electron chi connectivity index (χ2n) is 7.41. The van der Waals surface area contributed by atoms with Crippen LogP contribution >= 0.6 is 0 Å². The van der Waals surface area contributed by atoms with Crippen molar-refractivity contribution in [3.8, 4) is 11.8 Å². The van der Waals surface area contributed by atoms with Crippen molar-refractivity contribution in [2.45, 2.75) is 56.0 Å². The van der Waals surface area contributed by atoms with E-state index in [0.717, 1.165) is 49.8 Å². The van der Waals surface area contributed by atoms with E-state index in [4.69, 9.17) is 9.84 Å². The molecule has 6 nitrogen and oxygen atoms in total. The monoisotopic (exact) mass is 357 g/mol. The Morgan fingerprint density at radius 1 is 1.27 bits per heavy atom. The zero-order valence-electron chi connectivity index (χ0n) is 15.3. The molecule has 0 unspecified atom stereocenters.